The third kappa shape index (κ3) is 2.61. The van der Waals surface area contributed by atoms with E-state index in [4.69, 9.17) is 10.3 Å². The molecule has 84 valence electrons. The van der Waals surface area contributed by atoms with Gasteiger partial charge in [0.1, 0.15) is 0 Å². The topological polar surface area (TPSA) is 52.8 Å². The lowest BCUT2D eigenvalue weighted by molar-refractivity contribution is -0.212. The Bertz CT molecular complexity index is 211. The second-order valence-electron chi connectivity index (χ2n) is 2.36. The van der Waals surface area contributed by atoms with Gasteiger partial charge in [-0.3, -0.25) is 0 Å². The summed E-state index contributed by atoms with van der Waals surface area (Å²) >= 11 is 8.54. The normalized spacial score (nSPS) is 15.1. The summed E-state index contributed by atoms with van der Waals surface area (Å²) < 4.78 is 49.6. The zero-order chi connectivity index (χ0) is 11.6. The van der Waals surface area contributed by atoms with Crippen LogP contribution in [0.15, 0.2) is 5.16 Å². The molecule has 0 atom stereocenters. The SMILES string of the molecule is O/N=C/CC(O)(C(F)(F)Cl)C(F)(F)Cl. The average molecular weight is 258 g/mol. The van der Waals surface area contributed by atoms with Crippen LogP contribution in [-0.2, 0) is 0 Å². The number of hydrogen-bond donors (Lipinski definition) is 2. The molecule has 0 spiro atoms. The molecule has 0 aromatic heterocycles. The van der Waals surface area contributed by atoms with Gasteiger partial charge in [0.2, 0.25) is 5.60 Å². The lowest BCUT2D eigenvalue weighted by atomic mass is 10.0. The maximum atomic E-state index is 12.4. The van der Waals surface area contributed by atoms with Crippen LogP contribution in [0.2, 0.25) is 0 Å². The first-order valence-electron chi connectivity index (χ1n) is 3.08. The summed E-state index contributed by atoms with van der Waals surface area (Å²) in [4.78, 5) is 0. The van der Waals surface area contributed by atoms with Crippen LogP contribution in [0, 0.1) is 0 Å². The van der Waals surface area contributed by atoms with Crippen LogP contribution < -0.4 is 0 Å². The molecule has 0 aliphatic heterocycles. The van der Waals surface area contributed by atoms with E-state index < -0.39 is 22.8 Å². The van der Waals surface area contributed by atoms with Crippen molar-refractivity contribution >= 4 is 29.4 Å². The highest BCUT2D eigenvalue weighted by Crippen LogP contribution is 2.47. The van der Waals surface area contributed by atoms with Crippen molar-refractivity contribution in [3.63, 3.8) is 0 Å². The minimum atomic E-state index is -4.67. The van der Waals surface area contributed by atoms with Gasteiger partial charge < -0.3 is 10.3 Å². The summed E-state index contributed by atoms with van der Waals surface area (Å²) in [5.74, 6) is 0. The maximum Gasteiger partial charge on any atom is 0.357 e. The van der Waals surface area contributed by atoms with Gasteiger partial charge in [-0.1, -0.05) is 0 Å². The second-order valence-corrected chi connectivity index (χ2v) is 3.31. The molecular weight excluding hydrogens is 253 g/mol. The quantitative estimate of drug-likeness (QED) is 0.267. The molecule has 0 aliphatic carbocycles. The van der Waals surface area contributed by atoms with Gasteiger partial charge in [-0.15, -0.1) is 5.16 Å². The largest absolute Gasteiger partial charge is 0.411 e. The molecule has 9 heteroatoms. The number of hydrogen-bond acceptors (Lipinski definition) is 3. The van der Waals surface area contributed by atoms with E-state index in [-0.39, 0.29) is 6.21 Å². The van der Waals surface area contributed by atoms with E-state index >= 15 is 0 Å². The Labute approximate surface area is 85.9 Å². The zero-order valence-corrected chi connectivity index (χ0v) is 7.91. The molecule has 0 aromatic rings. The molecule has 0 saturated heterocycles. The average Bonchev–Trinajstić information content (AvgIpc) is 1.95. The van der Waals surface area contributed by atoms with E-state index in [0.717, 1.165) is 0 Å². The lowest BCUT2D eigenvalue weighted by Gasteiger charge is -2.33. The van der Waals surface area contributed by atoms with Crippen LogP contribution >= 0.6 is 23.2 Å². The highest BCUT2D eigenvalue weighted by Gasteiger charge is 2.66. The third-order valence-corrected chi connectivity index (χ3v) is 2.03. The number of rotatable bonds is 4. The Hall–Kier alpha value is -0.270. The zero-order valence-electron chi connectivity index (χ0n) is 6.39. The molecule has 3 nitrogen and oxygen atoms in total. The number of alkyl halides is 6. The molecule has 0 radical (unpaired) electrons. The summed E-state index contributed by atoms with van der Waals surface area (Å²) in [7, 11) is 0. The number of halogens is 6. The maximum absolute atomic E-state index is 12.4. The van der Waals surface area contributed by atoms with Crippen molar-refractivity contribution < 1.29 is 27.9 Å². The highest BCUT2D eigenvalue weighted by molar-refractivity contribution is 6.26. The van der Waals surface area contributed by atoms with Crippen LogP contribution in [0.3, 0.4) is 0 Å². The molecule has 0 bridgehead atoms. The van der Waals surface area contributed by atoms with Crippen LogP contribution in [-0.4, -0.2) is 32.9 Å². The van der Waals surface area contributed by atoms with Crippen molar-refractivity contribution in [1.82, 2.24) is 0 Å². The van der Waals surface area contributed by atoms with Crippen LogP contribution in [0.5, 0.6) is 0 Å². The van der Waals surface area contributed by atoms with E-state index in [2.05, 4.69) is 28.4 Å². The third-order valence-electron chi connectivity index (χ3n) is 1.41. The second kappa shape index (κ2) is 4.08. The summed E-state index contributed by atoms with van der Waals surface area (Å²) in [6, 6.07) is 0. The standard InChI is InChI=1S/C5H5Cl2F4NO2/c6-4(8,9)3(13,1-2-12-14)5(7,10)11/h2,13-14H,1H2/b12-2+. The molecule has 0 unspecified atom stereocenters. The van der Waals surface area contributed by atoms with Crippen molar-refractivity contribution in [3.8, 4) is 0 Å². The monoisotopic (exact) mass is 257 g/mol. The Morgan fingerprint density at radius 2 is 1.50 bits per heavy atom. The van der Waals surface area contributed by atoms with Gasteiger partial charge in [-0.05, 0) is 23.2 Å². The Morgan fingerprint density at radius 1 is 1.14 bits per heavy atom. The fraction of sp³-hybridized carbons (Fsp3) is 0.800. The van der Waals surface area contributed by atoms with E-state index in [9.17, 15) is 17.6 Å². The number of oxime groups is 1. The lowest BCUT2D eigenvalue weighted by Crippen LogP contribution is -2.55. The summed E-state index contributed by atoms with van der Waals surface area (Å²) in [5.41, 5.74) is -4.02. The van der Waals surface area contributed by atoms with E-state index in [1.165, 1.54) is 0 Å². The minimum Gasteiger partial charge on any atom is -0.411 e. The number of aliphatic hydroxyl groups is 1. The Kier molecular flexibility index (Phi) is 4.00. The van der Waals surface area contributed by atoms with Gasteiger partial charge in [-0.2, -0.15) is 17.6 Å². The minimum absolute atomic E-state index is 0.229. The molecule has 0 amide bonds. The van der Waals surface area contributed by atoms with E-state index in [0.29, 0.717) is 0 Å². The smallest absolute Gasteiger partial charge is 0.357 e. The molecule has 0 aliphatic rings. The highest BCUT2D eigenvalue weighted by atomic mass is 35.5. The Morgan fingerprint density at radius 3 is 1.71 bits per heavy atom. The van der Waals surface area contributed by atoms with Gasteiger partial charge in [0.25, 0.3) is 0 Å². The molecule has 0 rings (SSSR count). The molecule has 2 N–H and O–H groups in total. The van der Waals surface area contributed by atoms with Crippen molar-refractivity contribution in [2.75, 3.05) is 0 Å². The van der Waals surface area contributed by atoms with Gasteiger partial charge >= 0.3 is 10.8 Å². The fourth-order valence-electron chi connectivity index (χ4n) is 0.565. The summed E-state index contributed by atoms with van der Waals surface area (Å²) in [6.07, 6.45) is -1.18. The molecular formula is C5H5Cl2F4NO2. The summed E-state index contributed by atoms with van der Waals surface area (Å²) in [6.45, 7) is 0. The first kappa shape index (κ1) is 13.7. The molecule has 0 aromatic carbocycles. The van der Waals surface area contributed by atoms with Crippen molar-refractivity contribution in [1.29, 1.82) is 0 Å². The van der Waals surface area contributed by atoms with Crippen molar-refractivity contribution in [3.05, 3.63) is 0 Å². The molecule has 0 saturated carbocycles. The fourth-order valence-corrected chi connectivity index (χ4v) is 1.01. The predicted molar refractivity (Wildman–Crippen MR) is 41.4 cm³/mol. The molecule has 14 heavy (non-hydrogen) atoms. The Balaban J connectivity index is 5.07. The van der Waals surface area contributed by atoms with E-state index in [1.54, 1.807) is 0 Å². The molecule has 0 heterocycles. The van der Waals surface area contributed by atoms with E-state index in [1.807, 2.05) is 0 Å². The first-order chi connectivity index (χ1) is 6.06. The van der Waals surface area contributed by atoms with Crippen molar-refractivity contribution in [2.24, 2.45) is 5.16 Å². The van der Waals surface area contributed by atoms with Gasteiger partial charge in [0.15, 0.2) is 0 Å². The van der Waals surface area contributed by atoms with Crippen molar-refractivity contribution in [2.45, 2.75) is 22.8 Å². The van der Waals surface area contributed by atoms with Crippen LogP contribution in [0.1, 0.15) is 6.42 Å². The molecule has 0 fully saturated rings. The van der Waals surface area contributed by atoms with Gasteiger partial charge in [0, 0.05) is 12.6 Å². The predicted octanol–water partition coefficient (Wildman–Crippen LogP) is 2.23. The van der Waals surface area contributed by atoms with Crippen LogP contribution in [0.4, 0.5) is 17.6 Å². The van der Waals surface area contributed by atoms with Gasteiger partial charge in [-0.25, -0.2) is 0 Å². The summed E-state index contributed by atoms with van der Waals surface area (Å²) in [5, 5.41) is 9.54. The first-order valence-corrected chi connectivity index (χ1v) is 3.83. The number of nitrogens with zero attached hydrogens (tertiary/aromatic N) is 1. The van der Waals surface area contributed by atoms with Crippen LogP contribution in [0.25, 0.3) is 0 Å². The van der Waals surface area contributed by atoms with Gasteiger partial charge in [0.05, 0.1) is 0 Å².